The van der Waals surface area contributed by atoms with E-state index >= 15 is 0 Å². The van der Waals surface area contributed by atoms with Gasteiger partial charge in [0.05, 0.1) is 5.92 Å². The molecular formula is C40H42O8. The van der Waals surface area contributed by atoms with Gasteiger partial charge in [-0.25, -0.2) is 4.79 Å². The molecule has 48 heavy (non-hydrogen) atoms. The van der Waals surface area contributed by atoms with Gasteiger partial charge in [0.1, 0.15) is 49.1 Å². The Hall–Kier alpha value is -4.66. The number of rotatable bonds is 12. The SMILES string of the molecule is C=CC(=O)OCCOc1ccc(OCCOC(=O)C2CC3(OC)c4ccccc4C2(OC)c2ccc(C(C)(C)C)cc23)c2ccccc12. The lowest BCUT2D eigenvalue weighted by Gasteiger charge is -2.57. The van der Waals surface area contributed by atoms with Gasteiger partial charge in [-0.1, -0.05) is 94.1 Å². The Morgan fingerprint density at radius 3 is 1.92 bits per heavy atom. The van der Waals surface area contributed by atoms with Crippen LogP contribution >= 0.6 is 0 Å². The highest BCUT2D eigenvalue weighted by atomic mass is 16.6. The van der Waals surface area contributed by atoms with Gasteiger partial charge >= 0.3 is 11.9 Å². The fourth-order valence-corrected chi connectivity index (χ4v) is 7.30. The first-order valence-corrected chi connectivity index (χ1v) is 16.2. The molecule has 0 saturated heterocycles. The van der Waals surface area contributed by atoms with Crippen LogP contribution in [0.2, 0.25) is 0 Å². The van der Waals surface area contributed by atoms with Gasteiger partial charge in [0, 0.05) is 37.5 Å². The van der Waals surface area contributed by atoms with E-state index in [4.69, 9.17) is 28.4 Å². The quantitative estimate of drug-likeness (QED) is 0.0922. The summed E-state index contributed by atoms with van der Waals surface area (Å²) in [5, 5.41) is 1.69. The van der Waals surface area contributed by atoms with Crippen LogP contribution in [0, 0.1) is 5.92 Å². The van der Waals surface area contributed by atoms with Gasteiger partial charge in [-0.2, -0.15) is 0 Å². The second-order valence-corrected chi connectivity index (χ2v) is 13.1. The Labute approximate surface area is 281 Å². The van der Waals surface area contributed by atoms with Crippen molar-refractivity contribution >= 4 is 22.7 Å². The molecule has 0 heterocycles. The number of esters is 2. The highest BCUT2D eigenvalue weighted by molar-refractivity contribution is 5.93. The number of hydrogen-bond acceptors (Lipinski definition) is 8. The van der Waals surface area contributed by atoms with Crippen molar-refractivity contribution in [1.82, 2.24) is 0 Å². The summed E-state index contributed by atoms with van der Waals surface area (Å²) in [7, 11) is 3.38. The minimum absolute atomic E-state index is 0.0494. The molecule has 0 radical (unpaired) electrons. The minimum atomic E-state index is -1.03. The molecule has 3 atom stereocenters. The van der Waals surface area contributed by atoms with E-state index in [2.05, 4.69) is 51.6 Å². The first kappa shape index (κ1) is 33.2. The first-order chi connectivity index (χ1) is 23.1. The van der Waals surface area contributed by atoms with Crippen LogP contribution in [0.15, 0.2) is 91.5 Å². The van der Waals surface area contributed by atoms with Gasteiger partial charge in [0.15, 0.2) is 0 Å². The lowest BCUT2D eigenvalue weighted by atomic mass is 9.53. The second kappa shape index (κ2) is 13.1. The normalized spacial score (nSPS) is 20.8. The molecule has 3 unspecified atom stereocenters. The Morgan fingerprint density at radius 2 is 1.33 bits per heavy atom. The highest BCUT2D eigenvalue weighted by Gasteiger charge is 2.64. The molecule has 8 nitrogen and oxygen atoms in total. The van der Waals surface area contributed by atoms with Crippen LogP contribution < -0.4 is 9.47 Å². The van der Waals surface area contributed by atoms with Crippen molar-refractivity contribution in [2.24, 2.45) is 5.92 Å². The molecule has 3 aliphatic rings. The molecule has 7 rings (SSSR count). The van der Waals surface area contributed by atoms with Gasteiger partial charge in [-0.15, -0.1) is 0 Å². The number of benzene rings is 4. The standard InChI is InChI=1S/C40H42O8/c1-7-36(41)47-22-20-45-34-18-19-35(28-13-9-8-12-27(28)34)46-21-23-48-37(42)33-25-39(43-5)29-14-10-11-15-30(29)40(33,44-6)31-17-16-26(24-32(31)39)38(2,3)4/h7-19,24,33H,1,20-23,25H2,2-6H3. The van der Waals surface area contributed by atoms with Crippen LogP contribution in [-0.2, 0) is 45.2 Å². The van der Waals surface area contributed by atoms with Crippen molar-refractivity contribution in [3.8, 4) is 11.5 Å². The molecular weight excluding hydrogens is 608 g/mol. The Bertz CT molecular complexity index is 1860. The van der Waals surface area contributed by atoms with E-state index in [1.807, 2.05) is 54.6 Å². The first-order valence-electron chi connectivity index (χ1n) is 16.2. The van der Waals surface area contributed by atoms with Crippen LogP contribution in [0.3, 0.4) is 0 Å². The zero-order chi connectivity index (χ0) is 34.1. The topological polar surface area (TPSA) is 89.5 Å². The smallest absolute Gasteiger partial charge is 0.330 e. The van der Waals surface area contributed by atoms with Crippen molar-refractivity contribution in [3.63, 3.8) is 0 Å². The molecule has 4 aromatic carbocycles. The third-order valence-electron chi connectivity index (χ3n) is 9.60. The lowest BCUT2D eigenvalue weighted by molar-refractivity contribution is -0.173. The zero-order valence-corrected chi connectivity index (χ0v) is 28.2. The molecule has 0 aliphatic heterocycles. The fraction of sp³-hybridized carbons (Fsp3) is 0.350. The van der Waals surface area contributed by atoms with Gasteiger partial charge in [-0.05, 0) is 45.4 Å². The van der Waals surface area contributed by atoms with E-state index < -0.39 is 23.1 Å². The van der Waals surface area contributed by atoms with E-state index in [0.717, 1.165) is 39.1 Å². The van der Waals surface area contributed by atoms with E-state index in [1.165, 1.54) is 5.56 Å². The third kappa shape index (κ3) is 5.53. The molecule has 0 spiro atoms. The van der Waals surface area contributed by atoms with Crippen molar-refractivity contribution in [3.05, 3.63) is 119 Å². The van der Waals surface area contributed by atoms with Crippen LogP contribution in [0.4, 0.5) is 0 Å². The van der Waals surface area contributed by atoms with Gasteiger partial charge in [0.2, 0.25) is 0 Å². The number of fused-ring (bicyclic) bond motifs is 2. The maximum absolute atomic E-state index is 14.0. The Balaban J connectivity index is 1.20. The van der Waals surface area contributed by atoms with Gasteiger partial charge < -0.3 is 28.4 Å². The maximum Gasteiger partial charge on any atom is 0.330 e. The summed E-state index contributed by atoms with van der Waals surface area (Å²) in [5.41, 5.74) is 3.14. The van der Waals surface area contributed by atoms with Crippen LogP contribution in [0.1, 0.15) is 55.0 Å². The van der Waals surface area contributed by atoms with Crippen molar-refractivity contribution < 1.29 is 38.0 Å². The summed E-state index contributed by atoms with van der Waals surface area (Å²) in [6, 6.07) is 25.8. The molecule has 0 N–H and O–H groups in total. The van der Waals surface area contributed by atoms with Crippen LogP contribution in [0.5, 0.6) is 11.5 Å². The second-order valence-electron chi connectivity index (χ2n) is 13.1. The average molecular weight is 651 g/mol. The molecule has 0 saturated carbocycles. The van der Waals surface area contributed by atoms with E-state index in [1.54, 1.807) is 14.2 Å². The Kier molecular flexibility index (Phi) is 9.07. The van der Waals surface area contributed by atoms with Crippen molar-refractivity contribution in [2.45, 2.75) is 43.8 Å². The summed E-state index contributed by atoms with van der Waals surface area (Å²) in [6.45, 7) is 10.5. The highest BCUT2D eigenvalue weighted by Crippen LogP contribution is 2.63. The van der Waals surface area contributed by atoms with E-state index in [0.29, 0.717) is 17.9 Å². The third-order valence-corrected chi connectivity index (χ3v) is 9.60. The predicted molar refractivity (Wildman–Crippen MR) is 182 cm³/mol. The monoisotopic (exact) mass is 650 g/mol. The molecule has 3 aliphatic carbocycles. The fourth-order valence-electron chi connectivity index (χ4n) is 7.30. The summed E-state index contributed by atoms with van der Waals surface area (Å²) in [4.78, 5) is 25.4. The average Bonchev–Trinajstić information content (AvgIpc) is 3.11. The predicted octanol–water partition coefficient (Wildman–Crippen LogP) is 6.98. The van der Waals surface area contributed by atoms with Crippen molar-refractivity contribution in [1.29, 1.82) is 0 Å². The molecule has 8 heteroatoms. The number of hydrogen-bond donors (Lipinski definition) is 0. The molecule has 0 amide bonds. The number of ether oxygens (including phenoxy) is 6. The number of carbonyl (C=O) groups excluding carboxylic acids is 2. The minimum Gasteiger partial charge on any atom is -0.489 e. The summed E-state index contributed by atoms with van der Waals surface area (Å²) in [6.07, 6.45) is 1.50. The summed E-state index contributed by atoms with van der Waals surface area (Å²) >= 11 is 0. The van der Waals surface area contributed by atoms with E-state index in [-0.39, 0.29) is 37.8 Å². The number of methoxy groups -OCH3 is 2. The molecule has 0 fully saturated rings. The van der Waals surface area contributed by atoms with E-state index in [9.17, 15) is 9.59 Å². The van der Waals surface area contributed by atoms with Crippen LogP contribution in [-0.4, -0.2) is 52.6 Å². The molecule has 2 bridgehead atoms. The Morgan fingerprint density at radius 1 is 0.750 bits per heavy atom. The lowest BCUT2D eigenvalue weighted by Crippen LogP contribution is -2.58. The van der Waals surface area contributed by atoms with Crippen LogP contribution in [0.25, 0.3) is 10.8 Å². The summed E-state index contributed by atoms with van der Waals surface area (Å²) in [5.74, 6) is -0.239. The maximum atomic E-state index is 14.0. The largest absolute Gasteiger partial charge is 0.489 e. The number of carbonyl (C=O) groups is 2. The van der Waals surface area contributed by atoms with Gasteiger partial charge in [-0.3, -0.25) is 4.79 Å². The zero-order valence-electron chi connectivity index (χ0n) is 28.2. The summed E-state index contributed by atoms with van der Waals surface area (Å²) < 4.78 is 35.8. The molecule has 250 valence electrons. The van der Waals surface area contributed by atoms with Gasteiger partial charge in [0.25, 0.3) is 0 Å². The molecule has 0 aromatic heterocycles. The van der Waals surface area contributed by atoms with Crippen molar-refractivity contribution in [2.75, 3.05) is 40.6 Å². The molecule has 4 aromatic rings.